The van der Waals surface area contributed by atoms with E-state index in [9.17, 15) is 19.1 Å². The first-order valence-corrected chi connectivity index (χ1v) is 12.4. The van der Waals surface area contributed by atoms with E-state index in [0.29, 0.717) is 30.1 Å². The highest BCUT2D eigenvalue weighted by Crippen LogP contribution is 2.50. The number of rotatable bonds is 7. The molecule has 9 heteroatoms. The first-order chi connectivity index (χ1) is 17.5. The highest BCUT2D eigenvalue weighted by molar-refractivity contribution is 5.82. The summed E-state index contributed by atoms with van der Waals surface area (Å²) in [5, 5.41) is 13.4. The minimum Gasteiger partial charge on any atom is -0.396 e. The van der Waals surface area contributed by atoms with Gasteiger partial charge in [0.25, 0.3) is 5.56 Å². The lowest BCUT2D eigenvalue weighted by molar-refractivity contribution is -0.128. The molecule has 186 valence electrons. The predicted molar refractivity (Wildman–Crippen MR) is 130 cm³/mol. The molecule has 1 saturated heterocycles. The summed E-state index contributed by atoms with van der Waals surface area (Å²) in [4.78, 5) is 37.3. The molecule has 3 aliphatic rings. The Morgan fingerprint density at radius 2 is 1.94 bits per heavy atom. The number of pyridine rings is 1. The zero-order valence-electron chi connectivity index (χ0n) is 19.8. The van der Waals surface area contributed by atoms with E-state index in [0.717, 1.165) is 30.8 Å². The predicted octanol–water partition coefficient (Wildman–Crippen LogP) is 2.13. The largest absolute Gasteiger partial charge is 0.396 e. The van der Waals surface area contributed by atoms with Gasteiger partial charge in [-0.2, -0.15) is 0 Å². The van der Waals surface area contributed by atoms with E-state index < -0.39 is 6.04 Å². The number of halogens is 1. The maximum Gasteiger partial charge on any atom is 0.258 e. The van der Waals surface area contributed by atoms with Gasteiger partial charge in [-0.05, 0) is 54.7 Å². The van der Waals surface area contributed by atoms with Crippen molar-refractivity contribution in [3.8, 4) is 11.1 Å². The van der Waals surface area contributed by atoms with Gasteiger partial charge in [0.1, 0.15) is 12.1 Å². The summed E-state index contributed by atoms with van der Waals surface area (Å²) < 4.78 is 15.2. The maximum atomic E-state index is 13.5. The fourth-order valence-electron chi connectivity index (χ4n) is 5.97. The molecule has 36 heavy (non-hydrogen) atoms. The number of nitrogens with one attached hydrogen (secondary N) is 1. The Hall–Kier alpha value is -3.43. The molecule has 3 aromatic rings. The number of aliphatic hydroxyl groups is 1. The van der Waals surface area contributed by atoms with Crippen molar-refractivity contribution in [2.24, 2.45) is 17.8 Å². The van der Waals surface area contributed by atoms with E-state index in [1.54, 1.807) is 35.0 Å². The molecule has 4 heterocycles. The third-order valence-corrected chi connectivity index (χ3v) is 7.87. The van der Waals surface area contributed by atoms with Crippen molar-refractivity contribution in [1.82, 2.24) is 24.8 Å². The third-order valence-electron chi connectivity index (χ3n) is 7.87. The number of aromatic nitrogens is 3. The molecule has 0 unspecified atom stereocenters. The molecule has 0 radical (unpaired) electrons. The van der Waals surface area contributed by atoms with Crippen molar-refractivity contribution in [2.45, 2.75) is 38.0 Å². The first kappa shape index (κ1) is 23.0. The second-order valence-corrected chi connectivity index (χ2v) is 10.1. The molecule has 6 rings (SSSR count). The van der Waals surface area contributed by atoms with Crippen LogP contribution < -0.4 is 10.9 Å². The molecular formula is C27H28FN5O3. The number of benzene rings is 1. The van der Waals surface area contributed by atoms with Gasteiger partial charge in [0.2, 0.25) is 5.91 Å². The van der Waals surface area contributed by atoms with Crippen molar-refractivity contribution in [3.63, 3.8) is 0 Å². The molecule has 1 saturated carbocycles. The van der Waals surface area contributed by atoms with E-state index >= 15 is 0 Å². The van der Waals surface area contributed by atoms with Crippen LogP contribution in [0.2, 0.25) is 0 Å². The standard InChI is InChI=1S/C27H28FN5O3/c28-18-5-3-17(4-6-18)20-7-8-23-24-21(13-32(23)27(20)36)22(14-34)25(33(24)12-16-1-2-16)26(35)30-11-19-9-10-29-15-31-19/h3-10,15-16,21-22,24-25,34H,1-2,11-14H2,(H,30,35)/t21-,22-,24+,25-/m0/s1. The maximum absolute atomic E-state index is 13.5. The Morgan fingerprint density at radius 1 is 1.14 bits per heavy atom. The van der Waals surface area contributed by atoms with Crippen LogP contribution in [0, 0.1) is 23.6 Å². The Morgan fingerprint density at radius 3 is 2.64 bits per heavy atom. The summed E-state index contributed by atoms with van der Waals surface area (Å²) in [6.07, 6.45) is 5.35. The second-order valence-electron chi connectivity index (χ2n) is 10.1. The van der Waals surface area contributed by atoms with E-state index in [2.05, 4.69) is 20.2 Å². The number of aliphatic hydroxyl groups excluding tert-OH is 1. The summed E-state index contributed by atoms with van der Waals surface area (Å²) in [6, 6.07) is 10.9. The molecule has 0 spiro atoms. The summed E-state index contributed by atoms with van der Waals surface area (Å²) in [7, 11) is 0. The van der Waals surface area contributed by atoms with E-state index in [4.69, 9.17) is 0 Å². The minimum absolute atomic E-state index is 0.0558. The van der Waals surface area contributed by atoms with Crippen LogP contribution in [0.1, 0.15) is 30.3 Å². The summed E-state index contributed by atoms with van der Waals surface area (Å²) in [5.41, 5.74) is 2.66. The zero-order chi connectivity index (χ0) is 24.8. The van der Waals surface area contributed by atoms with Gasteiger partial charge in [-0.1, -0.05) is 12.1 Å². The normalized spacial score (nSPS) is 24.9. The quantitative estimate of drug-likeness (QED) is 0.528. The van der Waals surface area contributed by atoms with Crippen LogP contribution in [0.3, 0.4) is 0 Å². The van der Waals surface area contributed by atoms with Crippen LogP contribution in [0.4, 0.5) is 4.39 Å². The van der Waals surface area contributed by atoms with Gasteiger partial charge >= 0.3 is 0 Å². The summed E-state index contributed by atoms with van der Waals surface area (Å²) >= 11 is 0. The highest BCUT2D eigenvalue weighted by Gasteiger charge is 2.56. The number of hydrogen-bond acceptors (Lipinski definition) is 6. The SMILES string of the molecule is O=C(NCc1ccncn1)[C@@H]1[C@@H](CO)[C@@H]2Cn3c(ccc(-c4ccc(F)cc4)c3=O)[C@@H]2N1CC1CC1. The number of carbonyl (C=O) groups is 1. The molecule has 2 fully saturated rings. The van der Waals surface area contributed by atoms with Crippen molar-refractivity contribution in [2.75, 3.05) is 13.2 Å². The Bertz CT molecular complexity index is 1330. The number of nitrogens with zero attached hydrogens (tertiary/aromatic N) is 4. The fourth-order valence-corrected chi connectivity index (χ4v) is 5.97. The average molecular weight is 490 g/mol. The third kappa shape index (κ3) is 4.02. The second kappa shape index (κ2) is 9.22. The summed E-state index contributed by atoms with van der Waals surface area (Å²) in [5.74, 6) is -0.299. The molecule has 4 atom stereocenters. The molecule has 0 bridgehead atoms. The van der Waals surface area contributed by atoms with Gasteiger partial charge in [0, 0.05) is 49.0 Å². The molecule has 2 aromatic heterocycles. The fraction of sp³-hybridized carbons (Fsp3) is 0.407. The lowest BCUT2D eigenvalue weighted by Gasteiger charge is -2.31. The molecule has 1 amide bonds. The molecule has 2 aliphatic heterocycles. The van der Waals surface area contributed by atoms with Crippen LogP contribution >= 0.6 is 0 Å². The van der Waals surface area contributed by atoms with Crippen LogP contribution in [-0.4, -0.2) is 49.6 Å². The number of fused-ring (bicyclic) bond motifs is 3. The summed E-state index contributed by atoms with van der Waals surface area (Å²) in [6.45, 7) is 1.36. The van der Waals surface area contributed by atoms with Crippen molar-refractivity contribution < 1.29 is 14.3 Å². The van der Waals surface area contributed by atoms with Gasteiger partial charge in [0.05, 0.1) is 24.3 Å². The van der Waals surface area contributed by atoms with Crippen LogP contribution in [-0.2, 0) is 17.9 Å². The Kier molecular flexibility index (Phi) is 5.89. The van der Waals surface area contributed by atoms with Crippen molar-refractivity contribution in [1.29, 1.82) is 0 Å². The molecular weight excluding hydrogens is 461 g/mol. The number of carbonyl (C=O) groups excluding carboxylic acids is 1. The van der Waals surface area contributed by atoms with Gasteiger partial charge in [-0.25, -0.2) is 14.4 Å². The van der Waals surface area contributed by atoms with Gasteiger partial charge in [0.15, 0.2) is 0 Å². The van der Waals surface area contributed by atoms with Crippen LogP contribution in [0.25, 0.3) is 11.1 Å². The molecule has 1 aromatic carbocycles. The van der Waals surface area contributed by atoms with Crippen LogP contribution in [0.5, 0.6) is 0 Å². The average Bonchev–Trinajstić information content (AvgIpc) is 3.55. The van der Waals surface area contributed by atoms with Gasteiger partial charge in [-0.15, -0.1) is 0 Å². The van der Waals surface area contributed by atoms with E-state index in [-0.39, 0.29) is 41.8 Å². The Labute approximate surface area is 207 Å². The smallest absolute Gasteiger partial charge is 0.258 e. The number of amides is 1. The lowest BCUT2D eigenvalue weighted by Crippen LogP contribution is -2.48. The molecule has 2 N–H and O–H groups in total. The first-order valence-electron chi connectivity index (χ1n) is 12.4. The van der Waals surface area contributed by atoms with E-state index in [1.807, 2.05) is 6.07 Å². The molecule has 1 aliphatic carbocycles. The van der Waals surface area contributed by atoms with Crippen molar-refractivity contribution >= 4 is 5.91 Å². The van der Waals surface area contributed by atoms with Gasteiger partial charge in [-0.3, -0.25) is 14.5 Å². The van der Waals surface area contributed by atoms with E-state index in [1.165, 1.54) is 18.5 Å². The monoisotopic (exact) mass is 489 g/mol. The topological polar surface area (TPSA) is 100 Å². The number of hydrogen-bond donors (Lipinski definition) is 2. The Balaban J connectivity index is 1.32. The van der Waals surface area contributed by atoms with Crippen molar-refractivity contribution in [3.05, 3.63) is 82.5 Å². The van der Waals surface area contributed by atoms with Crippen LogP contribution in [0.15, 0.2) is 59.8 Å². The minimum atomic E-state index is -0.479. The lowest BCUT2D eigenvalue weighted by atomic mass is 9.88. The van der Waals surface area contributed by atoms with Gasteiger partial charge < -0.3 is 15.0 Å². The molecule has 8 nitrogen and oxygen atoms in total. The zero-order valence-corrected chi connectivity index (χ0v) is 19.8. The number of likely N-dealkylation sites (tertiary alicyclic amines) is 1. The highest BCUT2D eigenvalue weighted by atomic mass is 19.1.